The van der Waals surface area contributed by atoms with E-state index < -0.39 is 5.97 Å². The molecule has 0 spiro atoms. The SMILES string of the molecule is CCOC(=O)c1coc(NC2CCC(N)CC2)n1. The number of anilines is 1. The Bertz CT molecular complexity index is 397. The maximum atomic E-state index is 11.4. The maximum absolute atomic E-state index is 11.4. The number of nitrogens with two attached hydrogens (primary N) is 1. The summed E-state index contributed by atoms with van der Waals surface area (Å²) in [7, 11) is 0. The molecule has 3 N–H and O–H groups in total. The van der Waals surface area contributed by atoms with Gasteiger partial charge in [-0.25, -0.2) is 4.79 Å². The minimum absolute atomic E-state index is 0.201. The van der Waals surface area contributed by atoms with Crippen LogP contribution in [-0.2, 0) is 4.74 Å². The van der Waals surface area contributed by atoms with Crippen LogP contribution in [0.5, 0.6) is 0 Å². The minimum atomic E-state index is -0.458. The van der Waals surface area contributed by atoms with Crippen LogP contribution in [0.1, 0.15) is 43.1 Å². The molecule has 1 aromatic heterocycles. The lowest BCUT2D eigenvalue weighted by molar-refractivity contribution is 0.0519. The molecule has 1 aliphatic carbocycles. The Balaban J connectivity index is 1.88. The molecule has 0 unspecified atom stereocenters. The van der Waals surface area contributed by atoms with Gasteiger partial charge in [-0.1, -0.05) is 0 Å². The average Bonchev–Trinajstić information content (AvgIpc) is 2.81. The van der Waals surface area contributed by atoms with Crippen LogP contribution in [0.4, 0.5) is 6.01 Å². The first kappa shape index (κ1) is 12.9. The van der Waals surface area contributed by atoms with Crippen molar-refractivity contribution in [2.24, 2.45) is 5.73 Å². The predicted octanol–water partition coefficient (Wildman–Crippen LogP) is 1.53. The van der Waals surface area contributed by atoms with Crippen molar-refractivity contribution in [3.63, 3.8) is 0 Å². The van der Waals surface area contributed by atoms with Crippen LogP contribution in [0.15, 0.2) is 10.7 Å². The lowest BCUT2D eigenvalue weighted by Gasteiger charge is -2.25. The molecule has 1 aliphatic rings. The molecule has 0 amide bonds. The molecule has 6 heteroatoms. The molecule has 1 saturated carbocycles. The molecule has 0 atom stereocenters. The van der Waals surface area contributed by atoms with Gasteiger partial charge >= 0.3 is 5.97 Å². The fraction of sp³-hybridized carbons (Fsp3) is 0.667. The lowest BCUT2D eigenvalue weighted by atomic mass is 9.92. The van der Waals surface area contributed by atoms with Crippen molar-refractivity contribution < 1.29 is 13.9 Å². The molecule has 0 radical (unpaired) electrons. The standard InChI is InChI=1S/C12H19N3O3/c1-2-17-11(16)10-7-18-12(15-10)14-9-5-3-8(13)4-6-9/h7-9H,2-6,13H2,1H3,(H,14,15). The molecule has 0 aliphatic heterocycles. The normalized spacial score (nSPS) is 23.7. The molecule has 100 valence electrons. The van der Waals surface area contributed by atoms with Gasteiger partial charge < -0.3 is 20.2 Å². The van der Waals surface area contributed by atoms with Crippen molar-refractivity contribution in [2.75, 3.05) is 11.9 Å². The zero-order valence-corrected chi connectivity index (χ0v) is 10.5. The van der Waals surface area contributed by atoms with Crippen molar-refractivity contribution in [1.82, 2.24) is 4.98 Å². The highest BCUT2D eigenvalue weighted by Crippen LogP contribution is 2.21. The maximum Gasteiger partial charge on any atom is 0.360 e. The van der Waals surface area contributed by atoms with Crippen LogP contribution in [0.25, 0.3) is 0 Å². The number of oxazole rings is 1. The van der Waals surface area contributed by atoms with Crippen LogP contribution >= 0.6 is 0 Å². The summed E-state index contributed by atoms with van der Waals surface area (Å²) < 4.78 is 10.0. The van der Waals surface area contributed by atoms with E-state index in [1.54, 1.807) is 6.92 Å². The Morgan fingerprint density at radius 1 is 1.56 bits per heavy atom. The molecule has 0 saturated heterocycles. The van der Waals surface area contributed by atoms with E-state index in [9.17, 15) is 4.79 Å². The van der Waals surface area contributed by atoms with E-state index >= 15 is 0 Å². The molecule has 6 nitrogen and oxygen atoms in total. The van der Waals surface area contributed by atoms with E-state index in [-0.39, 0.29) is 5.69 Å². The van der Waals surface area contributed by atoms with Gasteiger partial charge in [0, 0.05) is 12.1 Å². The highest BCUT2D eigenvalue weighted by atomic mass is 16.5. The second-order valence-corrected chi connectivity index (χ2v) is 4.51. The fourth-order valence-electron chi connectivity index (χ4n) is 2.08. The number of carbonyl (C=O) groups excluding carboxylic acids is 1. The molecule has 1 heterocycles. The first-order valence-corrected chi connectivity index (χ1v) is 6.33. The van der Waals surface area contributed by atoms with E-state index in [1.807, 2.05) is 0 Å². The van der Waals surface area contributed by atoms with Crippen LogP contribution < -0.4 is 11.1 Å². The Kier molecular flexibility index (Phi) is 4.19. The summed E-state index contributed by atoms with van der Waals surface area (Å²) in [6.07, 6.45) is 5.32. The van der Waals surface area contributed by atoms with Crippen LogP contribution in [-0.4, -0.2) is 29.6 Å². The number of esters is 1. The quantitative estimate of drug-likeness (QED) is 0.791. The summed E-state index contributed by atoms with van der Waals surface area (Å²) in [5.41, 5.74) is 6.04. The summed E-state index contributed by atoms with van der Waals surface area (Å²) in [4.78, 5) is 15.5. The number of aromatic nitrogens is 1. The van der Waals surface area contributed by atoms with E-state index in [1.165, 1.54) is 6.26 Å². The number of nitrogens with one attached hydrogen (secondary N) is 1. The highest BCUT2D eigenvalue weighted by Gasteiger charge is 2.20. The molecule has 0 bridgehead atoms. The first-order chi connectivity index (χ1) is 8.69. The second kappa shape index (κ2) is 5.86. The average molecular weight is 253 g/mol. The molecule has 1 fully saturated rings. The molecule has 0 aromatic carbocycles. The van der Waals surface area contributed by atoms with Gasteiger partial charge in [0.25, 0.3) is 6.01 Å². The van der Waals surface area contributed by atoms with E-state index in [4.69, 9.17) is 14.9 Å². The lowest BCUT2D eigenvalue weighted by Crippen LogP contribution is -2.32. The number of hydrogen-bond acceptors (Lipinski definition) is 6. The monoisotopic (exact) mass is 253 g/mol. The Morgan fingerprint density at radius 3 is 2.94 bits per heavy atom. The predicted molar refractivity (Wildman–Crippen MR) is 66.3 cm³/mol. The zero-order valence-electron chi connectivity index (χ0n) is 10.5. The molecule has 1 aromatic rings. The number of carbonyl (C=O) groups is 1. The van der Waals surface area contributed by atoms with Gasteiger partial charge in [-0.05, 0) is 32.6 Å². The third-order valence-corrected chi connectivity index (χ3v) is 3.09. The third-order valence-electron chi connectivity index (χ3n) is 3.09. The van der Waals surface area contributed by atoms with Crippen LogP contribution in [0.3, 0.4) is 0 Å². The van der Waals surface area contributed by atoms with Crippen molar-refractivity contribution in [2.45, 2.75) is 44.7 Å². The fourth-order valence-corrected chi connectivity index (χ4v) is 2.08. The number of ether oxygens (including phenoxy) is 1. The Morgan fingerprint density at radius 2 is 2.28 bits per heavy atom. The topological polar surface area (TPSA) is 90.4 Å². The van der Waals surface area contributed by atoms with Gasteiger partial charge in [0.05, 0.1) is 6.61 Å². The molecule has 18 heavy (non-hydrogen) atoms. The third kappa shape index (κ3) is 3.22. The molecule has 2 rings (SSSR count). The zero-order chi connectivity index (χ0) is 13.0. The van der Waals surface area contributed by atoms with Crippen molar-refractivity contribution in [1.29, 1.82) is 0 Å². The minimum Gasteiger partial charge on any atom is -0.461 e. The van der Waals surface area contributed by atoms with Crippen molar-refractivity contribution in [3.05, 3.63) is 12.0 Å². The van der Waals surface area contributed by atoms with E-state index in [0.29, 0.717) is 24.7 Å². The van der Waals surface area contributed by atoms with Crippen LogP contribution in [0, 0.1) is 0 Å². The van der Waals surface area contributed by atoms with Gasteiger partial charge in [0.2, 0.25) is 0 Å². The summed E-state index contributed by atoms with van der Waals surface area (Å²) in [5.74, 6) is -0.458. The van der Waals surface area contributed by atoms with Gasteiger partial charge in [0.15, 0.2) is 5.69 Å². The Hall–Kier alpha value is -1.56. The highest BCUT2D eigenvalue weighted by molar-refractivity contribution is 5.87. The smallest absolute Gasteiger partial charge is 0.360 e. The number of rotatable bonds is 4. The molecular weight excluding hydrogens is 234 g/mol. The Labute approximate surface area is 106 Å². The van der Waals surface area contributed by atoms with Gasteiger partial charge in [0.1, 0.15) is 6.26 Å². The van der Waals surface area contributed by atoms with Crippen molar-refractivity contribution in [3.8, 4) is 0 Å². The molecular formula is C12H19N3O3. The van der Waals surface area contributed by atoms with Crippen molar-refractivity contribution >= 4 is 12.0 Å². The van der Waals surface area contributed by atoms with Gasteiger partial charge in [-0.2, -0.15) is 4.98 Å². The summed E-state index contributed by atoms with van der Waals surface area (Å²) in [6, 6.07) is 1.000. The van der Waals surface area contributed by atoms with Crippen LogP contribution in [0.2, 0.25) is 0 Å². The summed E-state index contributed by atoms with van der Waals surface area (Å²) in [5, 5.41) is 3.18. The van der Waals surface area contributed by atoms with E-state index in [0.717, 1.165) is 25.7 Å². The number of hydrogen-bond donors (Lipinski definition) is 2. The number of nitrogens with zero attached hydrogens (tertiary/aromatic N) is 1. The van der Waals surface area contributed by atoms with E-state index in [2.05, 4.69) is 10.3 Å². The van der Waals surface area contributed by atoms with Gasteiger partial charge in [-0.3, -0.25) is 0 Å². The summed E-state index contributed by atoms with van der Waals surface area (Å²) >= 11 is 0. The first-order valence-electron chi connectivity index (χ1n) is 6.33. The second-order valence-electron chi connectivity index (χ2n) is 4.51. The van der Waals surface area contributed by atoms with Gasteiger partial charge in [-0.15, -0.1) is 0 Å². The summed E-state index contributed by atoms with van der Waals surface area (Å²) in [6.45, 7) is 2.08. The largest absolute Gasteiger partial charge is 0.461 e.